The summed E-state index contributed by atoms with van der Waals surface area (Å²) in [5.74, 6) is -0.00236. The highest BCUT2D eigenvalue weighted by atomic mass is 16.5. The Hall–Kier alpha value is -1.39. The van der Waals surface area contributed by atoms with Gasteiger partial charge in [-0.15, -0.1) is 0 Å². The van der Waals surface area contributed by atoms with Gasteiger partial charge in [0.25, 0.3) is 0 Å². The molecule has 0 heterocycles. The van der Waals surface area contributed by atoms with E-state index in [0.29, 0.717) is 19.7 Å². The Bertz CT molecular complexity index is 327. The molecule has 0 saturated carbocycles. The largest absolute Gasteiger partial charge is 0.383 e. The molecule has 0 spiro atoms. The Balaban J connectivity index is 2.26. The van der Waals surface area contributed by atoms with E-state index in [1.807, 2.05) is 37.3 Å². The first kappa shape index (κ1) is 13.7. The van der Waals surface area contributed by atoms with E-state index < -0.39 is 0 Å². The number of benzene rings is 1. The summed E-state index contributed by atoms with van der Waals surface area (Å²) < 4.78 is 4.88. The van der Waals surface area contributed by atoms with Crippen LogP contribution in [0.3, 0.4) is 0 Å². The molecule has 0 bridgehead atoms. The van der Waals surface area contributed by atoms with Crippen LogP contribution in [-0.4, -0.2) is 32.7 Å². The van der Waals surface area contributed by atoms with Gasteiger partial charge in [0.05, 0.1) is 19.2 Å². The number of hydrogen-bond acceptors (Lipinski definition) is 3. The number of amides is 1. The molecule has 1 rings (SSSR count). The van der Waals surface area contributed by atoms with Gasteiger partial charge in [0.15, 0.2) is 0 Å². The van der Waals surface area contributed by atoms with Crippen molar-refractivity contribution in [1.82, 2.24) is 10.6 Å². The number of carbonyl (C=O) groups is 1. The normalized spacial score (nSPS) is 12.1. The standard InChI is InChI=1S/C13H20N2O2/c1-11(12-6-4-3-5-7-12)15-13(16)10-14-8-9-17-2/h3-7,11,14H,8-10H2,1-2H3,(H,15,16)/t11-/m0/s1. The first-order valence-electron chi connectivity index (χ1n) is 5.78. The Labute approximate surface area is 102 Å². The highest BCUT2D eigenvalue weighted by molar-refractivity contribution is 5.78. The zero-order chi connectivity index (χ0) is 12.5. The molecule has 0 aliphatic heterocycles. The molecule has 0 unspecified atom stereocenters. The highest BCUT2D eigenvalue weighted by Gasteiger charge is 2.07. The molecule has 1 aromatic carbocycles. The summed E-state index contributed by atoms with van der Waals surface area (Å²) in [4.78, 5) is 11.6. The van der Waals surface area contributed by atoms with Gasteiger partial charge in [-0.05, 0) is 12.5 Å². The van der Waals surface area contributed by atoms with Crippen LogP contribution in [0.4, 0.5) is 0 Å². The third kappa shape index (κ3) is 5.47. The van der Waals surface area contributed by atoms with E-state index in [1.54, 1.807) is 7.11 Å². The molecule has 1 aromatic rings. The Morgan fingerprint density at radius 1 is 1.35 bits per heavy atom. The van der Waals surface area contributed by atoms with E-state index in [1.165, 1.54) is 0 Å². The summed E-state index contributed by atoms with van der Waals surface area (Å²) in [6.45, 7) is 3.59. The van der Waals surface area contributed by atoms with E-state index in [0.717, 1.165) is 5.56 Å². The van der Waals surface area contributed by atoms with Crippen molar-refractivity contribution in [3.8, 4) is 0 Å². The first-order chi connectivity index (χ1) is 8.24. The quantitative estimate of drug-likeness (QED) is 0.697. The lowest BCUT2D eigenvalue weighted by atomic mass is 10.1. The maximum atomic E-state index is 11.6. The van der Waals surface area contributed by atoms with Crippen LogP contribution in [0.15, 0.2) is 30.3 Å². The number of methoxy groups -OCH3 is 1. The van der Waals surface area contributed by atoms with E-state index in [-0.39, 0.29) is 11.9 Å². The van der Waals surface area contributed by atoms with Crippen molar-refractivity contribution in [2.45, 2.75) is 13.0 Å². The minimum atomic E-state index is -0.00236. The smallest absolute Gasteiger partial charge is 0.234 e. The zero-order valence-electron chi connectivity index (χ0n) is 10.4. The van der Waals surface area contributed by atoms with Crippen LogP contribution in [0, 0.1) is 0 Å². The van der Waals surface area contributed by atoms with E-state index in [9.17, 15) is 4.79 Å². The molecule has 4 nitrogen and oxygen atoms in total. The highest BCUT2D eigenvalue weighted by Crippen LogP contribution is 2.10. The number of nitrogens with one attached hydrogen (secondary N) is 2. The van der Waals surface area contributed by atoms with Crippen LogP contribution < -0.4 is 10.6 Å². The monoisotopic (exact) mass is 236 g/mol. The van der Waals surface area contributed by atoms with Crippen molar-refractivity contribution in [2.75, 3.05) is 26.8 Å². The Kier molecular flexibility index (Phi) is 6.29. The zero-order valence-corrected chi connectivity index (χ0v) is 10.4. The fourth-order valence-electron chi connectivity index (χ4n) is 1.49. The molecule has 1 amide bonds. The predicted molar refractivity (Wildman–Crippen MR) is 67.7 cm³/mol. The average molecular weight is 236 g/mol. The number of hydrogen-bond donors (Lipinski definition) is 2. The molecule has 0 saturated heterocycles. The van der Waals surface area contributed by atoms with Gasteiger partial charge in [-0.1, -0.05) is 30.3 Å². The van der Waals surface area contributed by atoms with Gasteiger partial charge in [-0.3, -0.25) is 4.79 Å². The van der Waals surface area contributed by atoms with Gasteiger partial charge in [0.2, 0.25) is 5.91 Å². The van der Waals surface area contributed by atoms with Gasteiger partial charge in [0, 0.05) is 13.7 Å². The van der Waals surface area contributed by atoms with Crippen LogP contribution in [0.5, 0.6) is 0 Å². The molecule has 4 heteroatoms. The number of rotatable bonds is 7. The van der Waals surface area contributed by atoms with Crippen molar-refractivity contribution in [3.05, 3.63) is 35.9 Å². The van der Waals surface area contributed by atoms with Crippen molar-refractivity contribution >= 4 is 5.91 Å². The average Bonchev–Trinajstić information content (AvgIpc) is 2.36. The fourth-order valence-corrected chi connectivity index (χ4v) is 1.49. The lowest BCUT2D eigenvalue weighted by Crippen LogP contribution is -2.36. The van der Waals surface area contributed by atoms with Crippen LogP contribution in [-0.2, 0) is 9.53 Å². The molecule has 1 atom stereocenters. The lowest BCUT2D eigenvalue weighted by Gasteiger charge is -2.14. The molecule has 0 radical (unpaired) electrons. The van der Waals surface area contributed by atoms with E-state index in [2.05, 4.69) is 10.6 Å². The summed E-state index contributed by atoms with van der Waals surface area (Å²) in [6, 6.07) is 9.94. The van der Waals surface area contributed by atoms with Crippen LogP contribution >= 0.6 is 0 Å². The molecule has 0 aromatic heterocycles. The van der Waals surface area contributed by atoms with Crippen molar-refractivity contribution in [1.29, 1.82) is 0 Å². The Morgan fingerprint density at radius 3 is 2.71 bits per heavy atom. The van der Waals surface area contributed by atoms with Gasteiger partial charge in [-0.25, -0.2) is 0 Å². The van der Waals surface area contributed by atoms with Crippen LogP contribution in [0.2, 0.25) is 0 Å². The Morgan fingerprint density at radius 2 is 2.06 bits per heavy atom. The second kappa shape index (κ2) is 7.81. The number of ether oxygens (including phenoxy) is 1. The summed E-state index contributed by atoms with van der Waals surface area (Å²) in [6.07, 6.45) is 0. The molecular weight excluding hydrogens is 216 g/mol. The minimum absolute atomic E-state index is 0.00236. The van der Waals surface area contributed by atoms with Gasteiger partial charge in [0.1, 0.15) is 0 Å². The molecule has 94 valence electrons. The van der Waals surface area contributed by atoms with E-state index >= 15 is 0 Å². The van der Waals surface area contributed by atoms with Crippen LogP contribution in [0.1, 0.15) is 18.5 Å². The molecule has 17 heavy (non-hydrogen) atoms. The van der Waals surface area contributed by atoms with Gasteiger partial charge < -0.3 is 15.4 Å². The minimum Gasteiger partial charge on any atom is -0.383 e. The van der Waals surface area contributed by atoms with Crippen molar-refractivity contribution < 1.29 is 9.53 Å². The molecule has 0 fully saturated rings. The van der Waals surface area contributed by atoms with Gasteiger partial charge in [-0.2, -0.15) is 0 Å². The second-order valence-corrected chi connectivity index (χ2v) is 3.87. The fraction of sp³-hybridized carbons (Fsp3) is 0.462. The maximum absolute atomic E-state index is 11.6. The second-order valence-electron chi connectivity index (χ2n) is 3.87. The maximum Gasteiger partial charge on any atom is 0.234 e. The topological polar surface area (TPSA) is 50.4 Å². The molecule has 0 aliphatic rings. The number of carbonyl (C=O) groups excluding carboxylic acids is 1. The first-order valence-corrected chi connectivity index (χ1v) is 5.78. The predicted octanol–water partition coefficient (Wildman–Crippen LogP) is 1.10. The summed E-state index contributed by atoms with van der Waals surface area (Å²) in [5, 5.41) is 5.94. The summed E-state index contributed by atoms with van der Waals surface area (Å²) in [7, 11) is 1.64. The molecule has 0 aliphatic carbocycles. The summed E-state index contributed by atoms with van der Waals surface area (Å²) in [5.41, 5.74) is 1.11. The van der Waals surface area contributed by atoms with Crippen molar-refractivity contribution in [2.24, 2.45) is 0 Å². The summed E-state index contributed by atoms with van der Waals surface area (Å²) >= 11 is 0. The van der Waals surface area contributed by atoms with Crippen LogP contribution in [0.25, 0.3) is 0 Å². The van der Waals surface area contributed by atoms with E-state index in [4.69, 9.17) is 4.74 Å². The van der Waals surface area contributed by atoms with Gasteiger partial charge >= 0.3 is 0 Å². The third-order valence-electron chi connectivity index (χ3n) is 2.45. The lowest BCUT2D eigenvalue weighted by molar-refractivity contribution is -0.120. The third-order valence-corrected chi connectivity index (χ3v) is 2.45. The molecule has 2 N–H and O–H groups in total. The van der Waals surface area contributed by atoms with Crippen molar-refractivity contribution in [3.63, 3.8) is 0 Å². The molecular formula is C13H20N2O2. The SMILES string of the molecule is COCCNCC(=O)N[C@@H](C)c1ccccc1.